The molecule has 0 bridgehead atoms. The van der Waals surface area contributed by atoms with Crippen molar-refractivity contribution in [3.8, 4) is 5.75 Å². The topological polar surface area (TPSA) is 38.3 Å². The zero-order valence-electron chi connectivity index (χ0n) is 20.4. The van der Waals surface area contributed by atoms with Gasteiger partial charge in [-0.1, -0.05) is 68.3 Å². The summed E-state index contributed by atoms with van der Waals surface area (Å²) in [5.41, 5.74) is 5.30. The van der Waals surface area contributed by atoms with E-state index in [1.54, 1.807) is 0 Å². The second kappa shape index (κ2) is 11.9. The van der Waals surface area contributed by atoms with Gasteiger partial charge in [0, 0.05) is 10.5 Å². The van der Waals surface area contributed by atoms with E-state index < -0.39 is 0 Å². The lowest BCUT2D eigenvalue weighted by molar-refractivity contribution is 0.0931. The van der Waals surface area contributed by atoms with Gasteiger partial charge in [-0.15, -0.1) is 11.8 Å². The zero-order valence-corrected chi connectivity index (χ0v) is 21.2. The van der Waals surface area contributed by atoms with E-state index in [-0.39, 0.29) is 11.9 Å². The Morgan fingerprint density at radius 1 is 0.970 bits per heavy atom. The molecule has 1 amide bonds. The molecule has 4 heteroatoms. The third-order valence-corrected chi connectivity index (χ3v) is 6.29. The summed E-state index contributed by atoms with van der Waals surface area (Å²) in [6.45, 7) is 11.2. The maximum atomic E-state index is 13.1. The smallest absolute Gasteiger partial charge is 0.251 e. The summed E-state index contributed by atoms with van der Waals surface area (Å²) < 4.78 is 5.98. The lowest BCUT2D eigenvalue weighted by atomic mass is 9.94. The van der Waals surface area contributed by atoms with E-state index in [0.29, 0.717) is 23.8 Å². The van der Waals surface area contributed by atoms with Crippen molar-refractivity contribution in [1.82, 2.24) is 5.32 Å². The predicted molar refractivity (Wildman–Crippen MR) is 139 cm³/mol. The van der Waals surface area contributed by atoms with Gasteiger partial charge in [-0.3, -0.25) is 4.79 Å². The van der Waals surface area contributed by atoms with Gasteiger partial charge >= 0.3 is 0 Å². The third-order valence-electron chi connectivity index (χ3n) is 5.39. The zero-order chi connectivity index (χ0) is 23.8. The van der Waals surface area contributed by atoms with E-state index in [9.17, 15) is 4.79 Å². The van der Waals surface area contributed by atoms with Crippen molar-refractivity contribution in [2.45, 2.75) is 58.6 Å². The highest BCUT2D eigenvalue weighted by molar-refractivity contribution is 7.99. The number of nitrogens with one attached hydrogen (secondary N) is 1. The van der Waals surface area contributed by atoms with Gasteiger partial charge in [0.05, 0.1) is 6.04 Å². The molecule has 0 spiro atoms. The molecule has 0 aliphatic heterocycles. The summed E-state index contributed by atoms with van der Waals surface area (Å²) in [7, 11) is 0. The SMILES string of the molecule is CCSc1ccc(COc2cccc(C(=O)NC(CC(C)C)c3cc(C)cc(C)c3)c2)cc1. The van der Waals surface area contributed by atoms with Crippen LogP contribution < -0.4 is 10.1 Å². The van der Waals surface area contributed by atoms with Gasteiger partial charge in [-0.25, -0.2) is 0 Å². The summed E-state index contributed by atoms with van der Waals surface area (Å²) in [5, 5.41) is 3.26. The molecular formula is C29H35NO2S. The predicted octanol–water partition coefficient (Wildman–Crippen LogP) is 7.51. The summed E-state index contributed by atoms with van der Waals surface area (Å²) in [6.07, 6.45) is 0.886. The molecule has 0 heterocycles. The maximum absolute atomic E-state index is 13.1. The van der Waals surface area contributed by atoms with E-state index in [0.717, 1.165) is 23.3 Å². The molecule has 0 fully saturated rings. The summed E-state index contributed by atoms with van der Waals surface area (Å²) in [6, 6.07) is 22.3. The largest absolute Gasteiger partial charge is 0.489 e. The van der Waals surface area contributed by atoms with Crippen LogP contribution in [0.5, 0.6) is 5.75 Å². The Morgan fingerprint density at radius 3 is 2.30 bits per heavy atom. The molecule has 0 aromatic heterocycles. The number of amides is 1. The average Bonchev–Trinajstić information content (AvgIpc) is 2.77. The Bertz CT molecular complexity index is 1040. The Morgan fingerprint density at radius 2 is 1.67 bits per heavy atom. The van der Waals surface area contributed by atoms with Crippen molar-refractivity contribution in [1.29, 1.82) is 0 Å². The monoisotopic (exact) mass is 461 g/mol. The van der Waals surface area contributed by atoms with Crippen LogP contribution in [0, 0.1) is 19.8 Å². The molecule has 33 heavy (non-hydrogen) atoms. The Labute approximate surface area is 203 Å². The Kier molecular flexibility index (Phi) is 9.02. The molecule has 1 N–H and O–H groups in total. The van der Waals surface area contributed by atoms with Crippen molar-refractivity contribution in [2.24, 2.45) is 5.92 Å². The molecule has 0 saturated carbocycles. The van der Waals surface area contributed by atoms with E-state index in [4.69, 9.17) is 4.74 Å². The van der Waals surface area contributed by atoms with E-state index >= 15 is 0 Å². The molecule has 3 rings (SSSR count). The number of rotatable bonds is 10. The molecule has 1 atom stereocenters. The van der Waals surface area contributed by atoms with Crippen molar-refractivity contribution >= 4 is 17.7 Å². The van der Waals surface area contributed by atoms with Crippen LogP contribution in [0.1, 0.15) is 65.8 Å². The highest BCUT2D eigenvalue weighted by atomic mass is 32.2. The van der Waals surface area contributed by atoms with Gasteiger partial charge in [0.1, 0.15) is 12.4 Å². The third kappa shape index (κ3) is 7.68. The van der Waals surface area contributed by atoms with Gasteiger partial charge in [0.25, 0.3) is 5.91 Å². The van der Waals surface area contributed by atoms with Crippen LogP contribution in [0.25, 0.3) is 0 Å². The fourth-order valence-electron chi connectivity index (χ4n) is 3.94. The number of aryl methyl sites for hydroxylation is 2. The van der Waals surface area contributed by atoms with Crippen LogP contribution in [-0.2, 0) is 6.61 Å². The number of ether oxygens (including phenoxy) is 1. The normalized spacial score (nSPS) is 11.9. The highest BCUT2D eigenvalue weighted by Crippen LogP contribution is 2.25. The Balaban J connectivity index is 1.69. The first kappa shape index (κ1) is 24.9. The minimum absolute atomic E-state index is 0.0276. The second-order valence-electron chi connectivity index (χ2n) is 8.97. The molecule has 1 unspecified atom stereocenters. The second-order valence-corrected chi connectivity index (χ2v) is 10.3. The minimum Gasteiger partial charge on any atom is -0.489 e. The molecule has 3 nitrogen and oxygen atoms in total. The molecule has 0 radical (unpaired) electrons. The van der Waals surface area contributed by atoms with Crippen LogP contribution in [0.3, 0.4) is 0 Å². The van der Waals surface area contributed by atoms with Crippen molar-refractivity contribution in [3.63, 3.8) is 0 Å². The first-order chi connectivity index (χ1) is 15.8. The molecule has 3 aromatic rings. The van der Waals surface area contributed by atoms with Crippen LogP contribution in [0.15, 0.2) is 71.6 Å². The molecule has 0 saturated heterocycles. The first-order valence-corrected chi connectivity index (χ1v) is 12.7. The molecule has 0 aliphatic rings. The summed E-state index contributed by atoms with van der Waals surface area (Å²) in [5.74, 6) is 2.15. The number of hydrogen-bond acceptors (Lipinski definition) is 3. The standard InChI is InChI=1S/C29H35NO2S/c1-6-33-27-12-10-23(11-13-27)19-32-26-9-7-8-24(18-26)29(31)30-28(14-20(2)3)25-16-21(4)15-22(5)17-25/h7-13,15-18,20,28H,6,14,19H2,1-5H3,(H,30,31). The number of hydrogen-bond donors (Lipinski definition) is 1. The van der Waals surface area contributed by atoms with Gasteiger partial charge in [0.2, 0.25) is 0 Å². The number of carbonyl (C=O) groups excluding carboxylic acids is 1. The van der Waals surface area contributed by atoms with Gasteiger partial charge in [0.15, 0.2) is 0 Å². The highest BCUT2D eigenvalue weighted by Gasteiger charge is 2.18. The fraction of sp³-hybridized carbons (Fsp3) is 0.345. The molecule has 0 aliphatic carbocycles. The minimum atomic E-state index is -0.0776. The molecular weight excluding hydrogens is 426 g/mol. The number of benzene rings is 3. The molecule has 174 valence electrons. The van der Waals surface area contributed by atoms with Crippen LogP contribution >= 0.6 is 11.8 Å². The van der Waals surface area contributed by atoms with Gasteiger partial charge in [-0.05, 0) is 73.4 Å². The quantitative estimate of drug-likeness (QED) is 0.317. The average molecular weight is 462 g/mol. The maximum Gasteiger partial charge on any atom is 0.251 e. The lowest BCUT2D eigenvalue weighted by Crippen LogP contribution is -2.29. The van der Waals surface area contributed by atoms with E-state index in [2.05, 4.69) is 82.4 Å². The summed E-state index contributed by atoms with van der Waals surface area (Å²) >= 11 is 1.83. The lowest BCUT2D eigenvalue weighted by Gasteiger charge is -2.22. The van der Waals surface area contributed by atoms with Gasteiger partial charge < -0.3 is 10.1 Å². The molecule has 3 aromatic carbocycles. The van der Waals surface area contributed by atoms with Crippen molar-refractivity contribution in [3.05, 3.63) is 94.5 Å². The van der Waals surface area contributed by atoms with Crippen LogP contribution in [0.4, 0.5) is 0 Å². The van der Waals surface area contributed by atoms with Gasteiger partial charge in [-0.2, -0.15) is 0 Å². The van der Waals surface area contributed by atoms with Crippen molar-refractivity contribution in [2.75, 3.05) is 5.75 Å². The van der Waals surface area contributed by atoms with Crippen LogP contribution in [-0.4, -0.2) is 11.7 Å². The number of thioether (sulfide) groups is 1. The Hall–Kier alpha value is -2.72. The van der Waals surface area contributed by atoms with Crippen molar-refractivity contribution < 1.29 is 9.53 Å². The van der Waals surface area contributed by atoms with E-state index in [1.165, 1.54) is 16.0 Å². The fourth-order valence-corrected chi connectivity index (χ4v) is 4.61. The summed E-state index contributed by atoms with van der Waals surface area (Å²) in [4.78, 5) is 14.4. The van der Waals surface area contributed by atoms with E-state index in [1.807, 2.05) is 36.0 Å². The van der Waals surface area contributed by atoms with Crippen LogP contribution in [0.2, 0.25) is 0 Å². The number of carbonyl (C=O) groups is 1. The first-order valence-electron chi connectivity index (χ1n) is 11.7.